The lowest BCUT2D eigenvalue weighted by molar-refractivity contribution is -0.385. The Morgan fingerprint density at radius 3 is 2.58 bits per heavy atom. The van der Waals surface area contributed by atoms with E-state index in [0.29, 0.717) is 0 Å². The second-order valence-electron chi connectivity index (χ2n) is 2.42. The maximum Gasteiger partial charge on any atom is 0.293 e. The van der Waals surface area contributed by atoms with Crippen LogP contribution < -0.4 is 0 Å². The second kappa shape index (κ2) is 2.84. The highest BCUT2D eigenvalue weighted by molar-refractivity contribution is 5.35. The van der Waals surface area contributed by atoms with Crippen LogP contribution in [0, 0.1) is 29.8 Å². The van der Waals surface area contributed by atoms with Crippen LogP contribution >= 0.6 is 0 Å². The van der Waals surface area contributed by atoms with E-state index in [1.165, 1.54) is 13.8 Å². The molecule has 0 aliphatic heterocycles. The zero-order chi connectivity index (χ0) is 9.30. The van der Waals surface area contributed by atoms with Gasteiger partial charge in [-0.25, -0.2) is 9.37 Å². The van der Waals surface area contributed by atoms with Crippen molar-refractivity contribution in [1.29, 1.82) is 0 Å². The molecule has 0 amide bonds. The molecule has 12 heavy (non-hydrogen) atoms. The van der Waals surface area contributed by atoms with Gasteiger partial charge in [0.15, 0.2) is 5.82 Å². The fourth-order valence-corrected chi connectivity index (χ4v) is 0.876. The molecule has 0 radical (unpaired) electrons. The zero-order valence-corrected chi connectivity index (χ0v) is 6.67. The second-order valence-corrected chi connectivity index (χ2v) is 2.42. The van der Waals surface area contributed by atoms with Gasteiger partial charge in [-0.15, -0.1) is 0 Å². The van der Waals surface area contributed by atoms with Crippen molar-refractivity contribution in [2.75, 3.05) is 0 Å². The van der Waals surface area contributed by atoms with Gasteiger partial charge in [0.2, 0.25) is 0 Å². The van der Waals surface area contributed by atoms with Gasteiger partial charge in [0, 0.05) is 0 Å². The molecule has 1 aromatic rings. The summed E-state index contributed by atoms with van der Waals surface area (Å²) in [6, 6.07) is 0.887. The quantitative estimate of drug-likeness (QED) is 0.476. The minimum absolute atomic E-state index is 0.179. The molecule has 0 fully saturated rings. The molecule has 0 spiro atoms. The molecule has 0 unspecified atom stereocenters. The first-order valence-corrected chi connectivity index (χ1v) is 3.30. The number of nitro groups is 1. The van der Waals surface area contributed by atoms with Crippen LogP contribution in [0.1, 0.15) is 11.4 Å². The van der Waals surface area contributed by atoms with Crippen molar-refractivity contribution < 1.29 is 9.31 Å². The first kappa shape index (κ1) is 8.58. The van der Waals surface area contributed by atoms with Crippen LogP contribution in [0.3, 0.4) is 0 Å². The molecule has 1 heterocycles. The largest absolute Gasteiger partial charge is 0.293 e. The molecule has 0 bridgehead atoms. The van der Waals surface area contributed by atoms with Gasteiger partial charge in [0.25, 0.3) is 5.69 Å². The SMILES string of the molecule is Cc1nc(C)c([N+](=O)[O-])cc1F. The highest BCUT2D eigenvalue weighted by Gasteiger charge is 2.14. The molecule has 1 rings (SSSR count). The molecule has 0 saturated carbocycles. The predicted molar refractivity (Wildman–Crippen MR) is 40.3 cm³/mol. The summed E-state index contributed by atoms with van der Waals surface area (Å²) in [5.41, 5.74) is 0.134. The van der Waals surface area contributed by atoms with Gasteiger partial charge < -0.3 is 0 Å². The summed E-state index contributed by atoms with van der Waals surface area (Å²) in [6.45, 7) is 2.94. The molecule has 0 N–H and O–H groups in total. The standard InChI is InChI=1S/C7H7FN2O2/c1-4-6(8)3-7(10(11)12)5(2)9-4/h3H,1-2H3. The lowest BCUT2D eigenvalue weighted by Crippen LogP contribution is -1.98. The smallest absolute Gasteiger partial charge is 0.258 e. The Kier molecular flexibility index (Phi) is 2.03. The number of rotatable bonds is 1. The Morgan fingerprint density at radius 1 is 1.50 bits per heavy atom. The molecule has 0 atom stereocenters. The third kappa shape index (κ3) is 1.39. The van der Waals surface area contributed by atoms with Crippen molar-refractivity contribution in [3.8, 4) is 0 Å². The van der Waals surface area contributed by atoms with Crippen molar-refractivity contribution in [1.82, 2.24) is 4.98 Å². The summed E-state index contributed by atoms with van der Waals surface area (Å²) in [6.07, 6.45) is 0. The van der Waals surface area contributed by atoms with E-state index in [2.05, 4.69) is 4.98 Å². The van der Waals surface area contributed by atoms with Crippen LogP contribution in [0.2, 0.25) is 0 Å². The molecule has 0 aliphatic rings. The molecular formula is C7H7FN2O2. The van der Waals surface area contributed by atoms with Crippen LogP contribution in [-0.2, 0) is 0 Å². The van der Waals surface area contributed by atoms with Gasteiger partial charge in [-0.1, -0.05) is 0 Å². The molecule has 64 valence electrons. The first-order valence-electron chi connectivity index (χ1n) is 3.30. The summed E-state index contributed by atoms with van der Waals surface area (Å²) < 4.78 is 12.8. The lowest BCUT2D eigenvalue weighted by atomic mass is 10.3. The minimum atomic E-state index is -0.648. The number of aryl methyl sites for hydroxylation is 2. The van der Waals surface area contributed by atoms with Gasteiger partial charge in [-0.3, -0.25) is 10.1 Å². The summed E-state index contributed by atoms with van der Waals surface area (Å²) in [5.74, 6) is -0.646. The van der Waals surface area contributed by atoms with E-state index in [4.69, 9.17) is 0 Å². The average molecular weight is 170 g/mol. The van der Waals surface area contributed by atoms with Crippen LogP contribution in [0.25, 0.3) is 0 Å². The Labute approximate surface area is 68.2 Å². The third-order valence-corrected chi connectivity index (χ3v) is 1.51. The molecular weight excluding hydrogens is 163 g/mol. The molecule has 4 nitrogen and oxygen atoms in total. The zero-order valence-electron chi connectivity index (χ0n) is 6.67. The predicted octanol–water partition coefficient (Wildman–Crippen LogP) is 1.75. The van der Waals surface area contributed by atoms with Gasteiger partial charge in [-0.05, 0) is 13.8 Å². The first-order chi connectivity index (χ1) is 5.52. The number of aromatic nitrogens is 1. The topological polar surface area (TPSA) is 56.0 Å². The summed E-state index contributed by atoms with van der Waals surface area (Å²) >= 11 is 0. The molecule has 0 aliphatic carbocycles. The van der Waals surface area contributed by atoms with E-state index >= 15 is 0 Å². The summed E-state index contributed by atoms with van der Waals surface area (Å²) in [5, 5.41) is 10.3. The number of pyridine rings is 1. The minimum Gasteiger partial charge on any atom is -0.258 e. The molecule has 5 heteroatoms. The van der Waals surface area contributed by atoms with E-state index in [1.54, 1.807) is 0 Å². The normalized spacial score (nSPS) is 9.92. The van der Waals surface area contributed by atoms with Crippen LogP contribution in [-0.4, -0.2) is 9.91 Å². The van der Waals surface area contributed by atoms with Gasteiger partial charge in [0.05, 0.1) is 16.7 Å². The van der Waals surface area contributed by atoms with E-state index in [9.17, 15) is 14.5 Å². The highest BCUT2D eigenvalue weighted by atomic mass is 19.1. The summed E-state index contributed by atoms with van der Waals surface area (Å²) in [4.78, 5) is 13.3. The van der Waals surface area contributed by atoms with Crippen molar-refractivity contribution in [2.45, 2.75) is 13.8 Å². The Morgan fingerprint density at radius 2 is 2.08 bits per heavy atom. The van der Waals surface area contributed by atoms with E-state index in [1.807, 2.05) is 0 Å². The number of nitrogens with zero attached hydrogens (tertiary/aromatic N) is 2. The molecule has 0 aromatic carbocycles. The number of hydrogen-bond acceptors (Lipinski definition) is 3. The van der Waals surface area contributed by atoms with Gasteiger partial charge in [0.1, 0.15) is 5.69 Å². The van der Waals surface area contributed by atoms with E-state index < -0.39 is 10.7 Å². The highest BCUT2D eigenvalue weighted by Crippen LogP contribution is 2.17. The van der Waals surface area contributed by atoms with Crippen molar-refractivity contribution >= 4 is 5.69 Å². The van der Waals surface area contributed by atoms with Crippen molar-refractivity contribution in [3.63, 3.8) is 0 Å². The maximum absolute atomic E-state index is 12.8. The van der Waals surface area contributed by atoms with Crippen molar-refractivity contribution in [3.05, 3.63) is 33.4 Å². The lowest BCUT2D eigenvalue weighted by Gasteiger charge is -1.98. The fourth-order valence-electron chi connectivity index (χ4n) is 0.876. The van der Waals surface area contributed by atoms with E-state index in [0.717, 1.165) is 6.07 Å². The fraction of sp³-hybridized carbons (Fsp3) is 0.286. The average Bonchev–Trinajstić information content (AvgIpc) is 1.96. The Bertz CT molecular complexity index is 338. The third-order valence-electron chi connectivity index (χ3n) is 1.51. The van der Waals surface area contributed by atoms with Crippen LogP contribution in [0.15, 0.2) is 6.07 Å². The monoisotopic (exact) mass is 170 g/mol. The number of halogens is 1. The van der Waals surface area contributed by atoms with Gasteiger partial charge >= 0.3 is 0 Å². The van der Waals surface area contributed by atoms with Crippen LogP contribution in [0.5, 0.6) is 0 Å². The molecule has 1 aromatic heterocycles. The van der Waals surface area contributed by atoms with Gasteiger partial charge in [-0.2, -0.15) is 0 Å². The molecule has 0 saturated heterocycles. The van der Waals surface area contributed by atoms with Crippen molar-refractivity contribution in [2.24, 2.45) is 0 Å². The number of hydrogen-bond donors (Lipinski definition) is 0. The van der Waals surface area contributed by atoms with Crippen LogP contribution in [0.4, 0.5) is 10.1 Å². The Hall–Kier alpha value is -1.52. The van der Waals surface area contributed by atoms with E-state index in [-0.39, 0.29) is 17.1 Å². The summed E-state index contributed by atoms with van der Waals surface area (Å²) in [7, 11) is 0. The maximum atomic E-state index is 12.8. The Balaban J connectivity index is 3.33.